The SMILES string of the molecule is Nc1cncc(C(=O)N2CC3CCC2C3)n1. The summed E-state index contributed by atoms with van der Waals surface area (Å²) in [6.07, 6.45) is 6.49. The Balaban J connectivity index is 1.83. The maximum Gasteiger partial charge on any atom is 0.274 e. The molecule has 2 N–H and O–H groups in total. The van der Waals surface area contributed by atoms with Crippen molar-refractivity contribution in [2.24, 2.45) is 5.92 Å². The molecule has 0 aromatic carbocycles. The highest BCUT2D eigenvalue weighted by atomic mass is 16.2. The molecule has 2 atom stereocenters. The van der Waals surface area contributed by atoms with E-state index in [0.29, 0.717) is 23.5 Å². The molecule has 1 aromatic heterocycles. The number of rotatable bonds is 1. The van der Waals surface area contributed by atoms with Crippen molar-refractivity contribution in [3.05, 3.63) is 18.1 Å². The highest BCUT2D eigenvalue weighted by molar-refractivity contribution is 5.92. The average molecular weight is 218 g/mol. The van der Waals surface area contributed by atoms with Crippen molar-refractivity contribution < 1.29 is 4.79 Å². The van der Waals surface area contributed by atoms with Crippen LogP contribution in [0.3, 0.4) is 0 Å². The normalized spacial score (nSPS) is 27.4. The molecular formula is C11H14N4O. The van der Waals surface area contributed by atoms with Gasteiger partial charge in [-0.15, -0.1) is 0 Å². The number of aromatic nitrogens is 2. The maximum atomic E-state index is 12.2. The van der Waals surface area contributed by atoms with Gasteiger partial charge in [0.25, 0.3) is 5.91 Å². The smallest absolute Gasteiger partial charge is 0.274 e. The molecule has 1 saturated carbocycles. The minimum atomic E-state index is -0.0213. The van der Waals surface area contributed by atoms with Gasteiger partial charge in [-0.3, -0.25) is 9.78 Å². The van der Waals surface area contributed by atoms with Gasteiger partial charge in [0.15, 0.2) is 0 Å². The van der Waals surface area contributed by atoms with Crippen LogP contribution < -0.4 is 5.73 Å². The van der Waals surface area contributed by atoms with E-state index in [-0.39, 0.29) is 5.91 Å². The maximum absolute atomic E-state index is 12.2. The van der Waals surface area contributed by atoms with Crippen LogP contribution in [0.25, 0.3) is 0 Å². The van der Waals surface area contributed by atoms with Crippen molar-refractivity contribution in [3.8, 4) is 0 Å². The Bertz CT molecular complexity index is 434. The molecule has 16 heavy (non-hydrogen) atoms. The van der Waals surface area contributed by atoms with E-state index in [1.54, 1.807) is 0 Å². The standard InChI is InChI=1S/C11H14N4O/c12-10-5-13-4-9(14-10)11(16)15-6-7-1-2-8(15)3-7/h4-5,7-8H,1-3,6H2,(H2,12,14). The van der Waals surface area contributed by atoms with Gasteiger partial charge < -0.3 is 10.6 Å². The Kier molecular flexibility index (Phi) is 2.05. The zero-order valence-electron chi connectivity index (χ0n) is 8.97. The zero-order valence-corrected chi connectivity index (χ0v) is 8.97. The van der Waals surface area contributed by atoms with E-state index in [9.17, 15) is 4.79 Å². The van der Waals surface area contributed by atoms with Gasteiger partial charge in [-0.1, -0.05) is 0 Å². The molecule has 2 fully saturated rings. The Morgan fingerprint density at radius 2 is 2.31 bits per heavy atom. The number of hydrogen-bond donors (Lipinski definition) is 1. The second-order valence-electron chi connectivity index (χ2n) is 4.62. The van der Waals surface area contributed by atoms with Crippen molar-refractivity contribution in [1.29, 1.82) is 0 Å². The third kappa shape index (κ3) is 1.43. The topological polar surface area (TPSA) is 72.1 Å². The molecule has 3 rings (SSSR count). The molecule has 0 radical (unpaired) electrons. The fourth-order valence-electron chi connectivity index (χ4n) is 2.80. The lowest BCUT2D eigenvalue weighted by Gasteiger charge is -2.26. The van der Waals surface area contributed by atoms with E-state index in [1.807, 2.05) is 4.90 Å². The minimum Gasteiger partial charge on any atom is -0.382 e. The number of anilines is 1. The highest BCUT2D eigenvalue weighted by Gasteiger charge is 2.40. The number of hydrogen-bond acceptors (Lipinski definition) is 4. The van der Waals surface area contributed by atoms with Crippen LogP contribution in [0.1, 0.15) is 29.8 Å². The van der Waals surface area contributed by atoms with E-state index < -0.39 is 0 Å². The molecule has 0 spiro atoms. The van der Waals surface area contributed by atoms with Crippen molar-refractivity contribution in [3.63, 3.8) is 0 Å². The van der Waals surface area contributed by atoms with Gasteiger partial charge in [-0.2, -0.15) is 0 Å². The van der Waals surface area contributed by atoms with Gasteiger partial charge in [-0.05, 0) is 25.2 Å². The van der Waals surface area contributed by atoms with Crippen LogP contribution in [-0.2, 0) is 0 Å². The molecule has 2 bridgehead atoms. The quantitative estimate of drug-likeness (QED) is 0.752. The Hall–Kier alpha value is -1.65. The largest absolute Gasteiger partial charge is 0.382 e. The van der Waals surface area contributed by atoms with Crippen molar-refractivity contribution in [2.75, 3.05) is 12.3 Å². The number of likely N-dealkylation sites (tertiary alicyclic amines) is 1. The lowest BCUT2D eigenvalue weighted by atomic mass is 10.1. The lowest BCUT2D eigenvalue weighted by Crippen LogP contribution is -2.38. The summed E-state index contributed by atoms with van der Waals surface area (Å²) in [6, 6.07) is 0.417. The molecule has 2 heterocycles. The first-order chi connectivity index (χ1) is 7.74. The van der Waals surface area contributed by atoms with Crippen molar-refractivity contribution >= 4 is 11.7 Å². The summed E-state index contributed by atoms with van der Waals surface area (Å²) < 4.78 is 0. The number of nitrogen functional groups attached to an aromatic ring is 1. The van der Waals surface area contributed by atoms with Gasteiger partial charge in [0.1, 0.15) is 11.5 Å². The van der Waals surface area contributed by atoms with E-state index in [4.69, 9.17) is 5.73 Å². The Labute approximate surface area is 93.7 Å². The lowest BCUT2D eigenvalue weighted by molar-refractivity contribution is 0.0697. The first-order valence-corrected chi connectivity index (χ1v) is 5.62. The summed E-state index contributed by atoms with van der Waals surface area (Å²) in [4.78, 5) is 22.0. The van der Waals surface area contributed by atoms with Crippen LogP contribution >= 0.6 is 0 Å². The van der Waals surface area contributed by atoms with E-state index in [0.717, 1.165) is 19.4 Å². The number of carbonyl (C=O) groups is 1. The van der Waals surface area contributed by atoms with E-state index >= 15 is 0 Å². The zero-order chi connectivity index (χ0) is 11.1. The monoisotopic (exact) mass is 218 g/mol. The van der Waals surface area contributed by atoms with E-state index in [2.05, 4.69) is 9.97 Å². The molecule has 1 amide bonds. The van der Waals surface area contributed by atoms with Gasteiger partial charge in [-0.25, -0.2) is 4.98 Å². The Morgan fingerprint density at radius 1 is 1.44 bits per heavy atom. The fourth-order valence-corrected chi connectivity index (χ4v) is 2.80. The molecule has 2 aliphatic rings. The van der Waals surface area contributed by atoms with Crippen LogP contribution in [0, 0.1) is 5.92 Å². The number of carbonyl (C=O) groups excluding carboxylic acids is 1. The summed E-state index contributed by atoms with van der Waals surface area (Å²) >= 11 is 0. The number of piperidine rings is 1. The molecule has 84 valence electrons. The third-order valence-corrected chi connectivity index (χ3v) is 3.54. The van der Waals surface area contributed by atoms with Gasteiger partial charge in [0, 0.05) is 12.6 Å². The van der Waals surface area contributed by atoms with Crippen LogP contribution in [0.15, 0.2) is 12.4 Å². The van der Waals surface area contributed by atoms with Crippen molar-refractivity contribution in [2.45, 2.75) is 25.3 Å². The molecule has 1 aliphatic carbocycles. The number of nitrogens with two attached hydrogens (primary N) is 1. The summed E-state index contributed by atoms with van der Waals surface area (Å²) in [5.74, 6) is 0.977. The minimum absolute atomic E-state index is 0.0213. The fraction of sp³-hybridized carbons (Fsp3) is 0.545. The van der Waals surface area contributed by atoms with Gasteiger partial charge in [0.2, 0.25) is 0 Å². The van der Waals surface area contributed by atoms with Crippen molar-refractivity contribution in [1.82, 2.24) is 14.9 Å². The second-order valence-corrected chi connectivity index (χ2v) is 4.62. The molecular weight excluding hydrogens is 204 g/mol. The molecule has 1 aromatic rings. The predicted molar refractivity (Wildman–Crippen MR) is 58.6 cm³/mol. The molecule has 1 aliphatic heterocycles. The van der Waals surface area contributed by atoms with E-state index in [1.165, 1.54) is 18.8 Å². The van der Waals surface area contributed by atoms with Crippen LogP contribution in [0.2, 0.25) is 0 Å². The second kappa shape index (κ2) is 3.43. The summed E-state index contributed by atoms with van der Waals surface area (Å²) in [5.41, 5.74) is 5.89. The average Bonchev–Trinajstić information content (AvgIpc) is 2.89. The summed E-state index contributed by atoms with van der Waals surface area (Å²) in [5, 5.41) is 0. The molecule has 2 unspecified atom stereocenters. The summed E-state index contributed by atoms with van der Waals surface area (Å²) in [7, 11) is 0. The summed E-state index contributed by atoms with van der Waals surface area (Å²) in [6.45, 7) is 0.875. The third-order valence-electron chi connectivity index (χ3n) is 3.54. The van der Waals surface area contributed by atoms with Gasteiger partial charge in [0.05, 0.1) is 12.4 Å². The van der Waals surface area contributed by atoms with Crippen LogP contribution in [-0.4, -0.2) is 33.4 Å². The number of nitrogens with zero attached hydrogens (tertiary/aromatic N) is 3. The molecule has 1 saturated heterocycles. The molecule has 5 nitrogen and oxygen atoms in total. The molecule has 5 heteroatoms. The van der Waals surface area contributed by atoms with Crippen LogP contribution in [0.4, 0.5) is 5.82 Å². The first kappa shape index (κ1) is 9.57. The number of fused-ring (bicyclic) bond motifs is 2. The number of amides is 1. The first-order valence-electron chi connectivity index (χ1n) is 5.62. The highest BCUT2D eigenvalue weighted by Crippen LogP contribution is 2.37. The van der Waals surface area contributed by atoms with Gasteiger partial charge >= 0.3 is 0 Å². The van der Waals surface area contributed by atoms with Crippen LogP contribution in [0.5, 0.6) is 0 Å². The Morgan fingerprint density at radius 3 is 2.94 bits per heavy atom. The predicted octanol–water partition coefficient (Wildman–Crippen LogP) is 0.683.